The van der Waals surface area contributed by atoms with Crippen LogP contribution in [0.2, 0.25) is 0 Å². The minimum absolute atomic E-state index is 0.430. The van der Waals surface area contributed by atoms with Gasteiger partial charge < -0.3 is 9.47 Å². The van der Waals surface area contributed by atoms with Crippen molar-refractivity contribution in [3.05, 3.63) is 18.2 Å². The Balaban J connectivity index is 2.15. The van der Waals surface area contributed by atoms with Gasteiger partial charge in [0.2, 0.25) is 14.4 Å². The summed E-state index contributed by atoms with van der Waals surface area (Å²) in [4.78, 5) is 0.850. The molecule has 2 rings (SSSR count). The van der Waals surface area contributed by atoms with Gasteiger partial charge in [-0.1, -0.05) is 0 Å². The molecule has 1 saturated carbocycles. The molecule has 1 aromatic carbocycles. The number of hydrogen-bond acceptors (Lipinski definition) is 6. The Kier molecular flexibility index (Phi) is 5.94. The summed E-state index contributed by atoms with van der Waals surface area (Å²) >= 11 is 6.41. The number of rotatable bonds is 7. The Morgan fingerprint density at radius 2 is 2.18 bits per heavy atom. The maximum atomic E-state index is 11.4. The fourth-order valence-corrected chi connectivity index (χ4v) is 3.35. The predicted molar refractivity (Wildman–Crippen MR) is 93.2 cm³/mol. The van der Waals surface area contributed by atoms with Gasteiger partial charge in [0.25, 0.3) is 0 Å². The zero-order valence-corrected chi connectivity index (χ0v) is 14.9. The Morgan fingerprint density at radius 1 is 1.45 bits per heavy atom. The van der Waals surface area contributed by atoms with Crippen LogP contribution in [-0.4, -0.2) is 32.3 Å². The number of sulfonamides is 1. The quantitative estimate of drug-likeness (QED) is 0.594. The van der Waals surface area contributed by atoms with Gasteiger partial charge in [-0.3, -0.25) is 4.72 Å². The third-order valence-corrected chi connectivity index (χ3v) is 4.62. The number of benzene rings is 1. The normalized spacial score (nSPS) is 14.5. The third-order valence-electron chi connectivity index (χ3n) is 2.88. The van der Waals surface area contributed by atoms with E-state index >= 15 is 0 Å². The van der Waals surface area contributed by atoms with Gasteiger partial charge in [-0.15, -0.1) is 0 Å². The molecule has 0 atom stereocenters. The van der Waals surface area contributed by atoms with E-state index in [-0.39, 0.29) is 0 Å². The lowest BCUT2D eigenvalue weighted by atomic mass is 10.3. The number of nitrogens with one attached hydrogen (secondary N) is 1. The molecule has 0 amide bonds. The van der Waals surface area contributed by atoms with E-state index < -0.39 is 10.0 Å². The molecule has 1 aromatic rings. The van der Waals surface area contributed by atoms with Gasteiger partial charge in [0.15, 0.2) is 0 Å². The minimum atomic E-state index is -3.35. The molecule has 0 bridgehead atoms. The van der Waals surface area contributed by atoms with Crippen LogP contribution in [0.5, 0.6) is 5.75 Å². The minimum Gasteiger partial charge on any atom is -0.491 e. The number of thioether (sulfide) groups is 1. The number of anilines is 1. The first kappa shape index (κ1) is 17.4. The molecule has 0 spiro atoms. The van der Waals surface area contributed by atoms with Crippen LogP contribution in [0.1, 0.15) is 19.8 Å². The predicted octanol–water partition coefficient (Wildman–Crippen LogP) is 3.26. The van der Waals surface area contributed by atoms with Crippen LogP contribution >= 0.6 is 24.0 Å². The first-order chi connectivity index (χ1) is 10.4. The molecule has 0 aromatic heterocycles. The second kappa shape index (κ2) is 7.52. The Morgan fingerprint density at radius 3 is 2.77 bits per heavy atom. The van der Waals surface area contributed by atoms with Crippen molar-refractivity contribution >= 4 is 44.1 Å². The van der Waals surface area contributed by atoms with Gasteiger partial charge in [-0.2, -0.15) is 0 Å². The monoisotopic (exact) mass is 361 g/mol. The van der Waals surface area contributed by atoms with Crippen LogP contribution < -0.4 is 9.46 Å². The highest BCUT2D eigenvalue weighted by Crippen LogP contribution is 2.35. The molecule has 8 heteroatoms. The number of thiocarbonyl (C=S) groups is 1. The van der Waals surface area contributed by atoms with Gasteiger partial charge >= 0.3 is 0 Å². The lowest BCUT2D eigenvalue weighted by Gasteiger charge is -2.14. The van der Waals surface area contributed by atoms with Gasteiger partial charge in [-0.05, 0) is 67.9 Å². The van der Waals surface area contributed by atoms with Crippen molar-refractivity contribution < 1.29 is 17.9 Å². The zero-order chi connectivity index (χ0) is 16.2. The van der Waals surface area contributed by atoms with Crippen LogP contribution in [0.15, 0.2) is 23.1 Å². The van der Waals surface area contributed by atoms with Gasteiger partial charge in [-0.25, -0.2) is 8.42 Å². The highest BCUT2D eigenvalue weighted by molar-refractivity contribution is 8.22. The lowest BCUT2D eigenvalue weighted by molar-refractivity contribution is 0.300. The van der Waals surface area contributed by atoms with Crippen LogP contribution in [0, 0.1) is 5.92 Å². The van der Waals surface area contributed by atoms with Crippen molar-refractivity contribution in [1.29, 1.82) is 0 Å². The van der Waals surface area contributed by atoms with Crippen LogP contribution in [-0.2, 0) is 14.8 Å². The average molecular weight is 362 g/mol. The van der Waals surface area contributed by atoms with E-state index in [1.165, 1.54) is 11.8 Å². The summed E-state index contributed by atoms with van der Waals surface area (Å²) in [5.74, 6) is 1.09. The van der Waals surface area contributed by atoms with Crippen molar-refractivity contribution in [2.75, 3.05) is 24.2 Å². The molecule has 1 fully saturated rings. The fraction of sp³-hybridized carbons (Fsp3) is 0.500. The fourth-order valence-electron chi connectivity index (χ4n) is 1.71. The molecule has 1 N–H and O–H groups in total. The SMILES string of the molecule is CCOC(=S)Sc1ccc(NS(C)(=O)=O)c(OCC2CC2)c1. The zero-order valence-electron chi connectivity index (χ0n) is 12.5. The van der Waals surface area contributed by atoms with Gasteiger partial charge in [0.1, 0.15) is 5.75 Å². The van der Waals surface area contributed by atoms with E-state index in [0.717, 1.165) is 24.0 Å². The molecule has 0 radical (unpaired) electrons. The molecule has 0 heterocycles. The van der Waals surface area contributed by atoms with Crippen molar-refractivity contribution in [2.24, 2.45) is 5.92 Å². The first-order valence-electron chi connectivity index (χ1n) is 6.96. The van der Waals surface area contributed by atoms with Crippen molar-refractivity contribution in [3.63, 3.8) is 0 Å². The smallest absolute Gasteiger partial charge is 0.229 e. The van der Waals surface area contributed by atoms with Crippen LogP contribution in [0.25, 0.3) is 0 Å². The van der Waals surface area contributed by atoms with E-state index in [2.05, 4.69) is 4.72 Å². The molecule has 1 aliphatic rings. The standard InChI is InChI=1S/C14H19NO4S3/c1-3-18-14(20)21-11-6-7-12(15-22(2,16)17)13(8-11)19-9-10-4-5-10/h6-8,10,15H,3-5,9H2,1-2H3. The highest BCUT2D eigenvalue weighted by Gasteiger charge is 2.23. The van der Waals surface area contributed by atoms with Crippen LogP contribution in [0.4, 0.5) is 5.69 Å². The molecule has 1 aliphatic carbocycles. The second-order valence-electron chi connectivity index (χ2n) is 5.07. The van der Waals surface area contributed by atoms with E-state index in [9.17, 15) is 8.42 Å². The van der Waals surface area contributed by atoms with E-state index in [0.29, 0.717) is 35.0 Å². The summed E-state index contributed by atoms with van der Waals surface area (Å²) in [6.07, 6.45) is 3.44. The van der Waals surface area contributed by atoms with Gasteiger partial charge in [0.05, 0.1) is 25.2 Å². The maximum absolute atomic E-state index is 11.4. The van der Waals surface area contributed by atoms with Gasteiger partial charge in [0, 0.05) is 4.90 Å². The maximum Gasteiger partial charge on any atom is 0.229 e. The highest BCUT2D eigenvalue weighted by atomic mass is 32.2. The molecule has 5 nitrogen and oxygen atoms in total. The third kappa shape index (κ3) is 6.02. The molecule has 0 aliphatic heterocycles. The van der Waals surface area contributed by atoms with Crippen molar-refractivity contribution in [1.82, 2.24) is 0 Å². The van der Waals surface area contributed by atoms with Crippen molar-refractivity contribution in [2.45, 2.75) is 24.7 Å². The van der Waals surface area contributed by atoms with Crippen LogP contribution in [0.3, 0.4) is 0 Å². The molecule has 22 heavy (non-hydrogen) atoms. The molecule has 0 saturated heterocycles. The summed E-state index contributed by atoms with van der Waals surface area (Å²) in [6, 6.07) is 5.25. The summed E-state index contributed by atoms with van der Waals surface area (Å²) in [5.41, 5.74) is 0.440. The Bertz CT molecular complexity index is 641. The molecular formula is C14H19NO4S3. The largest absolute Gasteiger partial charge is 0.491 e. The number of ether oxygens (including phenoxy) is 2. The van der Waals surface area contributed by atoms with E-state index in [1.54, 1.807) is 18.2 Å². The topological polar surface area (TPSA) is 64.6 Å². The summed E-state index contributed by atoms with van der Waals surface area (Å²) < 4.78 is 36.8. The lowest BCUT2D eigenvalue weighted by Crippen LogP contribution is -2.11. The molecular weight excluding hydrogens is 342 g/mol. The Hall–Kier alpha value is -0.990. The molecule has 122 valence electrons. The average Bonchev–Trinajstić information content (AvgIpc) is 3.21. The molecule has 0 unspecified atom stereocenters. The summed E-state index contributed by atoms with van der Waals surface area (Å²) in [7, 11) is -3.35. The second-order valence-corrected chi connectivity index (χ2v) is 8.50. The Labute approximate surface area is 140 Å². The van der Waals surface area contributed by atoms with E-state index in [4.69, 9.17) is 21.7 Å². The first-order valence-corrected chi connectivity index (χ1v) is 10.1. The number of hydrogen-bond donors (Lipinski definition) is 1. The van der Waals surface area contributed by atoms with E-state index in [1.807, 2.05) is 6.92 Å². The summed E-state index contributed by atoms with van der Waals surface area (Å²) in [5, 5.41) is 0. The van der Waals surface area contributed by atoms with Crippen molar-refractivity contribution in [3.8, 4) is 5.75 Å². The summed E-state index contributed by atoms with van der Waals surface area (Å²) in [6.45, 7) is 2.99.